The third-order valence-electron chi connectivity index (χ3n) is 5.86. The van der Waals surface area contributed by atoms with Gasteiger partial charge in [-0.1, -0.05) is 56.3 Å². The zero-order valence-electron chi connectivity index (χ0n) is 19.2. The van der Waals surface area contributed by atoms with E-state index in [0.29, 0.717) is 12.1 Å². The molecule has 1 aliphatic heterocycles. The van der Waals surface area contributed by atoms with E-state index in [1.54, 1.807) is 6.07 Å². The second-order valence-electron chi connectivity index (χ2n) is 8.86. The van der Waals surface area contributed by atoms with E-state index in [1.807, 2.05) is 48.5 Å². The number of fused-ring (bicyclic) bond motifs is 1. The van der Waals surface area contributed by atoms with Crippen molar-refractivity contribution in [3.8, 4) is 17.2 Å². The number of aliphatic hydroxyl groups is 1. The highest BCUT2D eigenvalue weighted by Gasteiger charge is 2.25. The van der Waals surface area contributed by atoms with Gasteiger partial charge < -0.3 is 24.6 Å². The van der Waals surface area contributed by atoms with Crippen molar-refractivity contribution < 1.29 is 24.2 Å². The Balaban J connectivity index is 1.37. The Hall–Kier alpha value is -3.62. The quantitative estimate of drug-likeness (QED) is 0.336. The molecule has 1 atom stereocenters. The summed E-state index contributed by atoms with van der Waals surface area (Å²) in [5.41, 5.74) is 2.03. The van der Waals surface area contributed by atoms with Gasteiger partial charge in [-0.2, -0.15) is 0 Å². The molecule has 178 valence electrons. The molecule has 1 aliphatic rings. The summed E-state index contributed by atoms with van der Waals surface area (Å²) in [5.74, 6) is 1.63. The molecule has 0 amide bonds. The lowest BCUT2D eigenvalue weighted by atomic mass is 9.84. The van der Waals surface area contributed by atoms with Gasteiger partial charge in [-0.25, -0.2) is 0 Å². The predicted molar refractivity (Wildman–Crippen MR) is 127 cm³/mol. The van der Waals surface area contributed by atoms with Crippen LogP contribution in [-0.2, 0) is 12.0 Å². The van der Waals surface area contributed by atoms with Crippen LogP contribution >= 0.6 is 0 Å². The van der Waals surface area contributed by atoms with Gasteiger partial charge in [0.1, 0.15) is 6.61 Å². The zero-order valence-corrected chi connectivity index (χ0v) is 19.2. The molecule has 1 unspecified atom stereocenters. The van der Waals surface area contributed by atoms with Crippen molar-refractivity contribution in [2.24, 2.45) is 0 Å². The number of hydrogen-bond acceptors (Lipinski definition) is 7. The van der Waals surface area contributed by atoms with E-state index >= 15 is 0 Å². The number of rotatable bonds is 10. The SMILES string of the molecule is CC(C)(CNCC(O)c1ccc(OCc2ccccc2)c([N+](=O)[O-])c1)c1ccc2c(c1)OCO2. The molecular weight excluding hydrogens is 436 g/mol. The number of nitrogens with zero attached hydrogens (tertiary/aromatic N) is 1. The van der Waals surface area contributed by atoms with Gasteiger partial charge in [0.2, 0.25) is 6.79 Å². The number of nitro benzene ring substituents is 1. The van der Waals surface area contributed by atoms with Crippen molar-refractivity contribution in [1.29, 1.82) is 0 Å². The maximum absolute atomic E-state index is 11.6. The minimum absolute atomic E-state index is 0.168. The van der Waals surface area contributed by atoms with E-state index in [9.17, 15) is 15.2 Å². The minimum atomic E-state index is -0.908. The fourth-order valence-corrected chi connectivity index (χ4v) is 3.80. The number of hydrogen-bond donors (Lipinski definition) is 2. The number of nitro groups is 1. The van der Waals surface area contributed by atoms with Gasteiger partial charge in [-0.05, 0) is 34.9 Å². The molecule has 2 N–H and O–H groups in total. The van der Waals surface area contributed by atoms with Crippen molar-refractivity contribution in [1.82, 2.24) is 5.32 Å². The van der Waals surface area contributed by atoms with Crippen LogP contribution in [0.1, 0.15) is 36.6 Å². The molecule has 8 heteroatoms. The maximum atomic E-state index is 11.6. The van der Waals surface area contributed by atoms with E-state index in [4.69, 9.17) is 14.2 Å². The molecule has 1 heterocycles. The van der Waals surface area contributed by atoms with Crippen LogP contribution in [0, 0.1) is 10.1 Å². The summed E-state index contributed by atoms with van der Waals surface area (Å²) in [6.07, 6.45) is -0.908. The molecule has 3 aromatic rings. The van der Waals surface area contributed by atoms with Gasteiger partial charge in [0.25, 0.3) is 0 Å². The molecule has 0 radical (unpaired) electrons. The molecule has 4 rings (SSSR count). The molecule has 0 aliphatic carbocycles. The van der Waals surface area contributed by atoms with Crippen molar-refractivity contribution in [3.05, 3.63) is 93.5 Å². The van der Waals surface area contributed by atoms with Crippen LogP contribution in [-0.4, -0.2) is 29.9 Å². The molecule has 0 fully saturated rings. The van der Waals surface area contributed by atoms with Crippen LogP contribution in [0.25, 0.3) is 0 Å². The van der Waals surface area contributed by atoms with Crippen molar-refractivity contribution in [2.75, 3.05) is 19.9 Å². The van der Waals surface area contributed by atoms with Crippen LogP contribution in [0.15, 0.2) is 66.7 Å². The first kappa shape index (κ1) is 23.5. The van der Waals surface area contributed by atoms with E-state index < -0.39 is 11.0 Å². The predicted octanol–water partition coefficient (Wildman–Crippen LogP) is 4.50. The summed E-state index contributed by atoms with van der Waals surface area (Å²) in [7, 11) is 0. The smallest absolute Gasteiger partial charge is 0.311 e. The van der Waals surface area contributed by atoms with Gasteiger partial charge in [0.15, 0.2) is 17.2 Å². The topological polar surface area (TPSA) is 103 Å². The van der Waals surface area contributed by atoms with E-state index in [-0.39, 0.29) is 36.8 Å². The van der Waals surface area contributed by atoms with Gasteiger partial charge >= 0.3 is 5.69 Å². The molecule has 0 spiro atoms. The normalized spacial score (nSPS) is 13.5. The Labute approximate surface area is 198 Å². The average Bonchev–Trinajstić information content (AvgIpc) is 3.31. The van der Waals surface area contributed by atoms with Crippen molar-refractivity contribution in [2.45, 2.75) is 32.0 Å². The highest BCUT2D eigenvalue weighted by atomic mass is 16.7. The van der Waals surface area contributed by atoms with Gasteiger partial charge in [-0.15, -0.1) is 0 Å². The maximum Gasteiger partial charge on any atom is 0.311 e. The lowest BCUT2D eigenvalue weighted by Gasteiger charge is -2.27. The van der Waals surface area contributed by atoms with Crippen LogP contribution in [0.2, 0.25) is 0 Å². The number of nitrogens with one attached hydrogen (secondary N) is 1. The minimum Gasteiger partial charge on any atom is -0.482 e. The average molecular weight is 465 g/mol. The molecular formula is C26H28N2O6. The summed E-state index contributed by atoms with van der Waals surface area (Å²) in [4.78, 5) is 11.1. The Kier molecular flexibility index (Phi) is 7.00. The lowest BCUT2D eigenvalue weighted by molar-refractivity contribution is -0.386. The summed E-state index contributed by atoms with van der Waals surface area (Å²) >= 11 is 0. The standard InChI is InChI=1S/C26H28N2O6/c1-26(2,20-9-11-24-25(13-20)34-17-33-24)16-27-14-22(29)19-8-10-23(21(12-19)28(30)31)32-15-18-6-4-3-5-7-18/h3-13,22,27,29H,14-17H2,1-2H3. The highest BCUT2D eigenvalue weighted by Crippen LogP contribution is 2.36. The van der Waals surface area contributed by atoms with E-state index in [2.05, 4.69) is 19.2 Å². The number of ether oxygens (including phenoxy) is 3. The summed E-state index contributed by atoms with van der Waals surface area (Å²) < 4.78 is 16.5. The van der Waals surface area contributed by atoms with Crippen molar-refractivity contribution >= 4 is 5.69 Å². The number of benzene rings is 3. The molecule has 0 saturated heterocycles. The first-order chi connectivity index (χ1) is 16.3. The van der Waals surface area contributed by atoms with Gasteiger partial charge in [0.05, 0.1) is 11.0 Å². The van der Waals surface area contributed by atoms with Crippen LogP contribution in [0.3, 0.4) is 0 Å². The first-order valence-electron chi connectivity index (χ1n) is 11.1. The lowest BCUT2D eigenvalue weighted by Crippen LogP contribution is -2.35. The van der Waals surface area contributed by atoms with Gasteiger partial charge in [0, 0.05) is 24.6 Å². The second kappa shape index (κ2) is 10.1. The Morgan fingerprint density at radius 1 is 1.09 bits per heavy atom. The Bertz CT molecular complexity index is 1150. The monoisotopic (exact) mass is 464 g/mol. The van der Waals surface area contributed by atoms with E-state index in [0.717, 1.165) is 22.6 Å². The largest absolute Gasteiger partial charge is 0.482 e. The van der Waals surface area contributed by atoms with Crippen LogP contribution in [0.4, 0.5) is 5.69 Å². The van der Waals surface area contributed by atoms with E-state index in [1.165, 1.54) is 12.1 Å². The summed E-state index contributed by atoms with van der Waals surface area (Å²) in [6.45, 7) is 5.46. The number of aliphatic hydroxyl groups excluding tert-OH is 1. The third kappa shape index (κ3) is 5.47. The summed E-state index contributed by atoms with van der Waals surface area (Å²) in [5, 5.41) is 25.5. The van der Waals surface area contributed by atoms with Gasteiger partial charge in [-0.3, -0.25) is 10.1 Å². The molecule has 34 heavy (non-hydrogen) atoms. The molecule has 0 saturated carbocycles. The molecule has 0 aromatic heterocycles. The Morgan fingerprint density at radius 3 is 2.62 bits per heavy atom. The highest BCUT2D eigenvalue weighted by molar-refractivity contribution is 5.49. The first-order valence-corrected chi connectivity index (χ1v) is 11.1. The van der Waals surface area contributed by atoms with Crippen LogP contribution < -0.4 is 19.5 Å². The van der Waals surface area contributed by atoms with Crippen LogP contribution in [0.5, 0.6) is 17.2 Å². The van der Waals surface area contributed by atoms with Crippen molar-refractivity contribution in [3.63, 3.8) is 0 Å². The summed E-state index contributed by atoms with van der Waals surface area (Å²) in [6, 6.07) is 19.9. The third-order valence-corrected chi connectivity index (χ3v) is 5.86. The second-order valence-corrected chi connectivity index (χ2v) is 8.86. The fraction of sp³-hybridized carbons (Fsp3) is 0.308. The molecule has 0 bridgehead atoms. The zero-order chi connectivity index (χ0) is 24.1. The molecule has 8 nitrogen and oxygen atoms in total. The molecule has 3 aromatic carbocycles. The fourth-order valence-electron chi connectivity index (χ4n) is 3.80. The Morgan fingerprint density at radius 2 is 1.85 bits per heavy atom.